The zero-order valence-corrected chi connectivity index (χ0v) is 39.9. The molecule has 0 bridgehead atoms. The van der Waals surface area contributed by atoms with Crippen LogP contribution in [0.2, 0.25) is 0 Å². The molecule has 5 nitrogen and oxygen atoms in total. The topological polar surface area (TPSA) is 56.7 Å². The van der Waals surface area contributed by atoms with Crippen molar-refractivity contribution in [1.29, 1.82) is 0 Å². The number of aromatic nitrogens is 4. The van der Waals surface area contributed by atoms with E-state index in [1.807, 2.05) is 61.6 Å². The van der Waals surface area contributed by atoms with E-state index < -0.39 is 0 Å². The molecular weight excluding hydrogens is 885 g/mol. The molecule has 0 fully saturated rings. The van der Waals surface area contributed by atoms with Crippen molar-refractivity contribution in [2.75, 3.05) is 0 Å². The Morgan fingerprint density at radius 3 is 1.69 bits per heavy atom. The van der Waals surface area contributed by atoms with Gasteiger partial charge >= 0.3 is 0 Å². The number of benzene rings is 10. The first-order chi connectivity index (χ1) is 35.2. The lowest BCUT2D eigenvalue weighted by molar-refractivity contribution is 0.669. The molecule has 0 aliphatic rings. The van der Waals surface area contributed by atoms with Crippen LogP contribution in [0.4, 0.5) is 0 Å². The van der Waals surface area contributed by atoms with Crippen LogP contribution in [0.25, 0.3) is 137 Å². The molecule has 14 aromatic rings. The van der Waals surface area contributed by atoms with E-state index >= 15 is 0 Å². The average molecular weight is 929 g/mol. The fourth-order valence-corrected chi connectivity index (χ4v) is 11.4. The third kappa shape index (κ3) is 7.27. The molecule has 10 aromatic carbocycles. The van der Waals surface area contributed by atoms with E-state index in [9.17, 15) is 0 Å². The monoisotopic (exact) mass is 928 g/mol. The summed E-state index contributed by atoms with van der Waals surface area (Å²) in [7, 11) is 0. The van der Waals surface area contributed by atoms with E-state index in [0.29, 0.717) is 17.6 Å². The Balaban J connectivity index is 0.00000243. The molecule has 6 heteroatoms. The summed E-state index contributed by atoms with van der Waals surface area (Å²) in [5.41, 5.74) is 14.6. The first-order valence-electron chi connectivity index (χ1n) is 24.2. The van der Waals surface area contributed by atoms with Gasteiger partial charge in [0.05, 0.1) is 11.0 Å². The molecule has 14 rings (SSSR count). The number of nitrogens with zero attached hydrogens (tertiary/aromatic N) is 4. The van der Waals surface area contributed by atoms with Crippen LogP contribution >= 0.6 is 11.3 Å². The number of fused-ring (bicyclic) bond motifs is 9. The Bertz CT molecular complexity index is 4320. The van der Waals surface area contributed by atoms with E-state index in [1.54, 1.807) is 0 Å². The number of hydrogen-bond acceptors (Lipinski definition) is 5. The minimum Gasteiger partial charge on any atom is -0.456 e. The molecule has 0 N–H and O–H groups in total. The third-order valence-electron chi connectivity index (χ3n) is 13.5. The standard InChI is InChI=1S/C63H38N4OS.C2H6/c1-3-15-39(16-4-1)43-32-34-54-53(37-43)51-27-13-26-48(45-22-12-20-42(36-45)41-19-11-21-44(35-41)47-25-14-30-58-59(47)52-24-8-10-29-57(52)69-58)60(51)67(54)63-65-61(40-17-5-2-6-18-40)64-62(66-63)46-31-33-50-49-23-7-9-28-55(49)68-56(50)38-46;1-2/h1-38H;1-2H3. The lowest BCUT2D eigenvalue weighted by Gasteiger charge is -2.14. The van der Waals surface area contributed by atoms with Gasteiger partial charge < -0.3 is 4.42 Å². The second kappa shape index (κ2) is 17.5. The van der Waals surface area contributed by atoms with Gasteiger partial charge in [-0.1, -0.05) is 190 Å². The van der Waals surface area contributed by atoms with E-state index in [4.69, 9.17) is 19.4 Å². The van der Waals surface area contributed by atoms with Crippen molar-refractivity contribution in [3.63, 3.8) is 0 Å². The molecule has 0 aliphatic carbocycles. The second-order valence-electron chi connectivity index (χ2n) is 17.5. The van der Waals surface area contributed by atoms with Crippen LogP contribution < -0.4 is 0 Å². The maximum atomic E-state index is 6.38. The summed E-state index contributed by atoms with van der Waals surface area (Å²) in [6, 6.07) is 81.8. The largest absolute Gasteiger partial charge is 0.456 e. The van der Waals surface area contributed by atoms with Crippen LogP contribution in [0.3, 0.4) is 0 Å². The predicted molar refractivity (Wildman–Crippen MR) is 298 cm³/mol. The van der Waals surface area contributed by atoms with Gasteiger partial charge in [-0.15, -0.1) is 11.3 Å². The number of furan rings is 1. The normalized spacial score (nSPS) is 11.5. The fourth-order valence-electron chi connectivity index (χ4n) is 10.2. The first-order valence-corrected chi connectivity index (χ1v) is 25.0. The summed E-state index contributed by atoms with van der Waals surface area (Å²) in [6.07, 6.45) is 0. The smallest absolute Gasteiger partial charge is 0.238 e. The summed E-state index contributed by atoms with van der Waals surface area (Å²) in [5.74, 6) is 1.67. The summed E-state index contributed by atoms with van der Waals surface area (Å²) in [6.45, 7) is 4.00. The first kappa shape index (κ1) is 42.2. The van der Waals surface area contributed by atoms with E-state index in [1.165, 1.54) is 31.3 Å². The summed E-state index contributed by atoms with van der Waals surface area (Å²) < 4.78 is 11.2. The average Bonchev–Trinajstić information content (AvgIpc) is 4.13. The Hall–Kier alpha value is -8.97. The Morgan fingerprint density at radius 1 is 0.352 bits per heavy atom. The van der Waals surface area contributed by atoms with Gasteiger partial charge in [0.15, 0.2) is 11.6 Å². The molecule has 336 valence electrons. The quantitative estimate of drug-likeness (QED) is 0.160. The van der Waals surface area contributed by atoms with Crippen molar-refractivity contribution in [2.24, 2.45) is 0 Å². The number of para-hydroxylation sites is 2. The van der Waals surface area contributed by atoms with Gasteiger partial charge in [0.25, 0.3) is 0 Å². The van der Waals surface area contributed by atoms with Crippen LogP contribution in [0.5, 0.6) is 0 Å². The fraction of sp³-hybridized carbons (Fsp3) is 0.0308. The van der Waals surface area contributed by atoms with Gasteiger partial charge in [-0.3, -0.25) is 4.57 Å². The maximum Gasteiger partial charge on any atom is 0.238 e. The Kier molecular flexibility index (Phi) is 10.4. The van der Waals surface area contributed by atoms with Gasteiger partial charge in [-0.25, -0.2) is 4.98 Å². The molecule has 0 radical (unpaired) electrons. The van der Waals surface area contributed by atoms with Gasteiger partial charge in [-0.2, -0.15) is 9.97 Å². The molecule has 0 saturated heterocycles. The van der Waals surface area contributed by atoms with Crippen molar-refractivity contribution in [3.05, 3.63) is 231 Å². The van der Waals surface area contributed by atoms with Crippen LogP contribution in [-0.2, 0) is 0 Å². The second-order valence-corrected chi connectivity index (χ2v) is 18.6. The molecule has 0 atom stereocenters. The Labute approximate surface area is 414 Å². The highest BCUT2D eigenvalue weighted by Gasteiger charge is 2.22. The molecule has 0 amide bonds. The summed E-state index contributed by atoms with van der Waals surface area (Å²) in [4.78, 5) is 15.9. The molecule has 0 unspecified atom stereocenters. The lowest BCUT2D eigenvalue weighted by Crippen LogP contribution is -2.07. The molecule has 0 aliphatic heterocycles. The zero-order valence-electron chi connectivity index (χ0n) is 39.0. The predicted octanol–water partition coefficient (Wildman–Crippen LogP) is 18.3. The van der Waals surface area contributed by atoms with E-state index in [2.05, 4.69) is 199 Å². The zero-order chi connectivity index (χ0) is 47.4. The molecule has 0 spiro atoms. The highest BCUT2D eigenvalue weighted by molar-refractivity contribution is 7.25. The molecular formula is C65H44N4OS. The van der Waals surface area contributed by atoms with Gasteiger partial charge in [0.1, 0.15) is 11.2 Å². The number of thiophene rings is 1. The van der Waals surface area contributed by atoms with Crippen molar-refractivity contribution in [3.8, 4) is 73.2 Å². The van der Waals surface area contributed by atoms with Gasteiger partial charge in [0.2, 0.25) is 5.95 Å². The van der Waals surface area contributed by atoms with Crippen molar-refractivity contribution in [2.45, 2.75) is 13.8 Å². The van der Waals surface area contributed by atoms with Crippen LogP contribution in [0.15, 0.2) is 235 Å². The van der Waals surface area contributed by atoms with Crippen LogP contribution in [0.1, 0.15) is 13.8 Å². The molecule has 4 heterocycles. The maximum absolute atomic E-state index is 6.38. The SMILES string of the molecule is CC.c1ccc(-c2ccc3c(c2)c2cccc(-c4cccc(-c5cccc(-c6cccc7sc8ccccc8c67)c5)c4)c2n3-c2nc(-c3ccccc3)nc(-c3ccc4c(c3)oc3ccccc34)n2)cc1. The summed E-state index contributed by atoms with van der Waals surface area (Å²) in [5, 5.41) is 6.96. The highest BCUT2D eigenvalue weighted by Crippen LogP contribution is 2.43. The Morgan fingerprint density at radius 2 is 0.901 bits per heavy atom. The van der Waals surface area contributed by atoms with Gasteiger partial charge in [0, 0.05) is 58.4 Å². The number of rotatable bonds is 7. The molecule has 0 saturated carbocycles. The van der Waals surface area contributed by atoms with Crippen molar-refractivity contribution >= 4 is 75.3 Å². The summed E-state index contributed by atoms with van der Waals surface area (Å²) >= 11 is 1.85. The van der Waals surface area contributed by atoms with Crippen LogP contribution in [-0.4, -0.2) is 19.5 Å². The van der Waals surface area contributed by atoms with Crippen molar-refractivity contribution < 1.29 is 4.42 Å². The van der Waals surface area contributed by atoms with E-state index in [-0.39, 0.29) is 0 Å². The molecule has 4 aromatic heterocycles. The highest BCUT2D eigenvalue weighted by atomic mass is 32.1. The van der Waals surface area contributed by atoms with Crippen molar-refractivity contribution in [1.82, 2.24) is 19.5 Å². The minimum atomic E-state index is 0.530. The lowest BCUT2D eigenvalue weighted by atomic mass is 9.94. The molecule has 71 heavy (non-hydrogen) atoms. The van der Waals surface area contributed by atoms with E-state index in [0.717, 1.165) is 88.3 Å². The van der Waals surface area contributed by atoms with Gasteiger partial charge in [-0.05, 0) is 93.5 Å². The number of hydrogen-bond donors (Lipinski definition) is 0. The minimum absolute atomic E-state index is 0.530. The third-order valence-corrected chi connectivity index (χ3v) is 14.6. The van der Waals surface area contributed by atoms with Crippen LogP contribution in [0, 0.1) is 0 Å².